The predicted octanol–water partition coefficient (Wildman–Crippen LogP) is 4.03. The van der Waals surface area contributed by atoms with Gasteiger partial charge in [0.15, 0.2) is 6.61 Å². The molecule has 0 saturated carbocycles. The monoisotopic (exact) mass is 331 g/mol. The Morgan fingerprint density at radius 2 is 1.78 bits per heavy atom. The molecule has 0 aliphatic carbocycles. The highest BCUT2D eigenvalue weighted by Gasteiger charge is 2.15. The zero-order valence-electron chi connectivity index (χ0n) is 13.9. The van der Waals surface area contributed by atoms with E-state index in [1.54, 1.807) is 0 Å². The number of nitrogens with one attached hydrogen (secondary N) is 1. The summed E-state index contributed by atoms with van der Waals surface area (Å²) in [7, 11) is 0. The fourth-order valence-corrected chi connectivity index (χ4v) is 3.37. The molecule has 0 spiro atoms. The van der Waals surface area contributed by atoms with Crippen LogP contribution in [0.2, 0.25) is 0 Å². The Hall–Kier alpha value is -2.14. The van der Waals surface area contributed by atoms with Crippen molar-refractivity contribution >= 4 is 28.9 Å². The first-order valence-electron chi connectivity index (χ1n) is 7.54. The Balaban J connectivity index is 1.95. The number of ether oxygens (including phenoxy) is 1. The van der Waals surface area contributed by atoms with Crippen molar-refractivity contribution in [2.24, 2.45) is 0 Å². The van der Waals surface area contributed by atoms with E-state index in [2.05, 4.69) is 5.32 Å². The molecule has 0 aliphatic rings. The molecule has 1 amide bonds. The van der Waals surface area contributed by atoms with Crippen molar-refractivity contribution in [3.8, 4) is 0 Å². The molecule has 1 aromatic heterocycles. The van der Waals surface area contributed by atoms with Crippen LogP contribution in [0.1, 0.15) is 38.2 Å². The zero-order valence-corrected chi connectivity index (χ0v) is 14.7. The van der Waals surface area contributed by atoms with Crippen molar-refractivity contribution in [3.05, 3.63) is 50.7 Å². The van der Waals surface area contributed by atoms with Crippen molar-refractivity contribution in [3.63, 3.8) is 0 Å². The molecule has 0 fully saturated rings. The Kier molecular flexibility index (Phi) is 5.55. The molecular formula is C18H21NO3S. The number of benzene rings is 1. The highest BCUT2D eigenvalue weighted by atomic mass is 32.1. The number of rotatable bonds is 5. The average Bonchev–Trinajstić information content (AvgIpc) is 2.90. The highest BCUT2D eigenvalue weighted by Crippen LogP contribution is 2.23. The van der Waals surface area contributed by atoms with Gasteiger partial charge in [0.05, 0.1) is 0 Å². The van der Waals surface area contributed by atoms with E-state index >= 15 is 0 Å². The molecule has 2 rings (SSSR count). The first-order valence-corrected chi connectivity index (χ1v) is 8.36. The lowest BCUT2D eigenvalue weighted by Gasteiger charge is -2.11. The topological polar surface area (TPSA) is 55.4 Å². The summed E-state index contributed by atoms with van der Waals surface area (Å²) in [5, 5.41) is 2.80. The van der Waals surface area contributed by atoms with E-state index in [-0.39, 0.29) is 12.5 Å². The van der Waals surface area contributed by atoms with Crippen LogP contribution in [0.3, 0.4) is 0 Å². The fraction of sp³-hybridized carbons (Fsp3) is 0.333. The number of amides is 1. The molecule has 0 radical (unpaired) electrons. The van der Waals surface area contributed by atoms with Crippen molar-refractivity contribution in [1.82, 2.24) is 0 Å². The van der Waals surface area contributed by atoms with E-state index in [1.807, 2.05) is 52.0 Å². The Labute approximate surface area is 140 Å². The van der Waals surface area contributed by atoms with Gasteiger partial charge in [0.2, 0.25) is 0 Å². The number of carbonyl (C=O) groups excluding carboxylic acids is 2. The largest absolute Gasteiger partial charge is 0.451 e. The number of esters is 1. The van der Waals surface area contributed by atoms with Crippen molar-refractivity contribution < 1.29 is 14.3 Å². The van der Waals surface area contributed by atoms with Crippen LogP contribution in [0.4, 0.5) is 5.69 Å². The van der Waals surface area contributed by atoms with Crippen LogP contribution < -0.4 is 5.32 Å². The van der Waals surface area contributed by atoms with Gasteiger partial charge in [0.1, 0.15) is 4.88 Å². The summed E-state index contributed by atoms with van der Waals surface area (Å²) in [6, 6.07) is 7.60. The molecular weight excluding hydrogens is 310 g/mol. The van der Waals surface area contributed by atoms with E-state index in [4.69, 9.17) is 4.74 Å². The molecule has 1 heterocycles. The number of anilines is 1. The average molecular weight is 331 g/mol. The molecule has 4 nitrogen and oxygen atoms in total. The van der Waals surface area contributed by atoms with E-state index in [1.165, 1.54) is 11.3 Å². The molecule has 1 aromatic carbocycles. The second kappa shape index (κ2) is 7.42. The molecule has 1 N–H and O–H groups in total. The minimum atomic E-state index is -0.450. The predicted molar refractivity (Wildman–Crippen MR) is 93.3 cm³/mol. The lowest BCUT2D eigenvalue weighted by molar-refractivity contribution is -0.119. The quantitative estimate of drug-likeness (QED) is 0.842. The third-order valence-electron chi connectivity index (χ3n) is 3.62. The van der Waals surface area contributed by atoms with Gasteiger partial charge in [-0.1, -0.05) is 25.1 Å². The van der Waals surface area contributed by atoms with Gasteiger partial charge in [-0.3, -0.25) is 4.79 Å². The first kappa shape index (κ1) is 17.2. The summed E-state index contributed by atoms with van der Waals surface area (Å²) >= 11 is 1.42. The molecule has 0 aliphatic heterocycles. The maximum atomic E-state index is 12.0. The smallest absolute Gasteiger partial charge is 0.348 e. The number of aryl methyl sites for hydroxylation is 4. The first-order chi connectivity index (χ1) is 10.9. The lowest BCUT2D eigenvalue weighted by atomic mass is 10.1. The lowest BCUT2D eigenvalue weighted by Crippen LogP contribution is -2.21. The number of hydrogen-bond donors (Lipinski definition) is 1. The van der Waals surface area contributed by atoms with Gasteiger partial charge in [-0.05, 0) is 49.9 Å². The van der Waals surface area contributed by atoms with Crippen LogP contribution in [0.15, 0.2) is 24.3 Å². The van der Waals surface area contributed by atoms with Crippen LogP contribution in [-0.2, 0) is 16.0 Å². The Morgan fingerprint density at radius 3 is 2.35 bits per heavy atom. The summed E-state index contributed by atoms with van der Waals surface area (Å²) in [6.07, 6.45) is 0.886. The minimum absolute atomic E-state index is 0.287. The second-order valence-corrected chi connectivity index (χ2v) is 6.60. The maximum absolute atomic E-state index is 12.0. The van der Waals surface area contributed by atoms with Crippen LogP contribution in [0, 0.1) is 20.8 Å². The van der Waals surface area contributed by atoms with Gasteiger partial charge in [0, 0.05) is 10.6 Å². The van der Waals surface area contributed by atoms with Gasteiger partial charge in [-0.2, -0.15) is 0 Å². The zero-order chi connectivity index (χ0) is 17.0. The van der Waals surface area contributed by atoms with Gasteiger partial charge in [-0.15, -0.1) is 11.3 Å². The number of thiophene rings is 1. The number of carbonyl (C=O) groups is 2. The van der Waals surface area contributed by atoms with Crippen molar-refractivity contribution in [1.29, 1.82) is 0 Å². The third kappa shape index (κ3) is 4.20. The molecule has 5 heteroatoms. The number of hydrogen-bond acceptors (Lipinski definition) is 4. The maximum Gasteiger partial charge on any atom is 0.348 e. The third-order valence-corrected chi connectivity index (χ3v) is 4.98. The summed E-state index contributed by atoms with van der Waals surface area (Å²) in [4.78, 5) is 25.7. The summed E-state index contributed by atoms with van der Waals surface area (Å²) in [5.74, 6) is -0.783. The van der Waals surface area contributed by atoms with Gasteiger partial charge < -0.3 is 10.1 Å². The van der Waals surface area contributed by atoms with Crippen LogP contribution >= 0.6 is 11.3 Å². The fourth-order valence-electron chi connectivity index (χ4n) is 2.36. The minimum Gasteiger partial charge on any atom is -0.451 e. The van der Waals surface area contributed by atoms with Crippen LogP contribution in [0.25, 0.3) is 0 Å². The molecule has 0 saturated heterocycles. The standard InChI is InChI=1S/C18H21NO3S/c1-5-14-13(4)9-15(23-14)18(21)22-10-16(20)19-17-11(2)7-6-8-12(17)3/h6-9H,5,10H2,1-4H3,(H,19,20). The number of para-hydroxylation sites is 1. The van der Waals surface area contributed by atoms with E-state index in [0.29, 0.717) is 4.88 Å². The van der Waals surface area contributed by atoms with Gasteiger partial charge in [0.25, 0.3) is 5.91 Å². The van der Waals surface area contributed by atoms with E-state index in [9.17, 15) is 9.59 Å². The van der Waals surface area contributed by atoms with Crippen LogP contribution in [0.5, 0.6) is 0 Å². The van der Waals surface area contributed by atoms with E-state index in [0.717, 1.165) is 33.7 Å². The molecule has 0 unspecified atom stereocenters. The molecule has 0 atom stereocenters. The van der Waals surface area contributed by atoms with Gasteiger partial charge in [-0.25, -0.2) is 4.79 Å². The summed E-state index contributed by atoms with van der Waals surface area (Å²) in [6.45, 7) is 7.58. The van der Waals surface area contributed by atoms with Gasteiger partial charge >= 0.3 is 5.97 Å². The molecule has 2 aromatic rings. The molecule has 23 heavy (non-hydrogen) atoms. The molecule has 0 bridgehead atoms. The Bertz CT molecular complexity index is 714. The summed E-state index contributed by atoms with van der Waals surface area (Å²) in [5.41, 5.74) is 3.82. The van der Waals surface area contributed by atoms with Crippen molar-refractivity contribution in [2.75, 3.05) is 11.9 Å². The Morgan fingerprint density at radius 1 is 1.13 bits per heavy atom. The normalized spacial score (nSPS) is 10.4. The van der Waals surface area contributed by atoms with Crippen LogP contribution in [-0.4, -0.2) is 18.5 Å². The second-order valence-electron chi connectivity index (χ2n) is 5.46. The summed E-state index contributed by atoms with van der Waals surface area (Å²) < 4.78 is 5.11. The molecule has 122 valence electrons. The van der Waals surface area contributed by atoms with E-state index < -0.39 is 5.97 Å². The van der Waals surface area contributed by atoms with Crippen molar-refractivity contribution in [2.45, 2.75) is 34.1 Å². The highest BCUT2D eigenvalue weighted by molar-refractivity contribution is 7.14. The SMILES string of the molecule is CCc1sc(C(=O)OCC(=O)Nc2c(C)cccc2C)cc1C.